The maximum Gasteiger partial charge on any atom is 0.335 e. The molecular formula is C22H21NO3. The average molecular weight is 347 g/mol. The van der Waals surface area contributed by atoms with Crippen molar-refractivity contribution in [3.63, 3.8) is 0 Å². The molecule has 1 aliphatic heterocycles. The first-order valence-corrected chi connectivity index (χ1v) is 8.71. The van der Waals surface area contributed by atoms with Gasteiger partial charge in [0, 0.05) is 18.8 Å². The molecule has 0 amide bonds. The molecule has 1 aromatic rings. The van der Waals surface area contributed by atoms with Gasteiger partial charge in [-0.2, -0.15) is 0 Å². The van der Waals surface area contributed by atoms with Crippen LogP contribution in [0.25, 0.3) is 0 Å². The van der Waals surface area contributed by atoms with Crippen molar-refractivity contribution in [3.05, 3.63) is 88.4 Å². The Morgan fingerprint density at radius 2 is 2.15 bits per heavy atom. The number of hydrogen-bond acceptors (Lipinski definition) is 3. The van der Waals surface area contributed by atoms with E-state index in [0.717, 1.165) is 42.7 Å². The molecule has 4 heteroatoms. The van der Waals surface area contributed by atoms with E-state index in [9.17, 15) is 4.79 Å². The summed E-state index contributed by atoms with van der Waals surface area (Å²) in [6.07, 6.45) is 14.2. The molecule has 0 radical (unpaired) electrons. The first-order valence-electron chi connectivity index (χ1n) is 8.71. The van der Waals surface area contributed by atoms with Gasteiger partial charge in [0.2, 0.25) is 0 Å². The van der Waals surface area contributed by atoms with Crippen molar-refractivity contribution < 1.29 is 14.6 Å². The molecule has 3 rings (SSSR count). The van der Waals surface area contributed by atoms with E-state index in [2.05, 4.69) is 10.7 Å². The van der Waals surface area contributed by atoms with E-state index >= 15 is 0 Å². The number of nitrogens with zero attached hydrogens (tertiary/aromatic N) is 1. The second kappa shape index (κ2) is 8.84. The van der Waals surface area contributed by atoms with Gasteiger partial charge in [-0.25, -0.2) is 4.79 Å². The van der Waals surface area contributed by atoms with Gasteiger partial charge in [0.25, 0.3) is 0 Å². The summed E-state index contributed by atoms with van der Waals surface area (Å²) < 4.78 is 5.81. The van der Waals surface area contributed by atoms with E-state index in [-0.39, 0.29) is 0 Å². The van der Waals surface area contributed by atoms with Gasteiger partial charge in [-0.3, -0.25) is 4.99 Å². The second-order valence-corrected chi connectivity index (χ2v) is 6.10. The maximum atomic E-state index is 11.0. The maximum absolute atomic E-state index is 11.0. The SMILES string of the molecule is O=C(O)c1cccc(CCCOC2=CC=C(C3=CC=NCC3)C=C=C2)c1. The third-order valence-corrected chi connectivity index (χ3v) is 4.21. The lowest BCUT2D eigenvalue weighted by molar-refractivity contribution is 0.0696. The minimum atomic E-state index is -0.898. The zero-order valence-electron chi connectivity index (χ0n) is 14.5. The second-order valence-electron chi connectivity index (χ2n) is 6.10. The molecular weight excluding hydrogens is 326 g/mol. The summed E-state index contributed by atoms with van der Waals surface area (Å²) in [5, 5.41) is 9.03. The number of carbonyl (C=O) groups is 1. The van der Waals surface area contributed by atoms with Gasteiger partial charge in [-0.15, -0.1) is 5.73 Å². The minimum Gasteiger partial charge on any atom is -0.493 e. The van der Waals surface area contributed by atoms with Crippen molar-refractivity contribution in [2.75, 3.05) is 13.2 Å². The third kappa shape index (κ3) is 4.95. The summed E-state index contributed by atoms with van der Waals surface area (Å²) in [6, 6.07) is 7.04. The van der Waals surface area contributed by atoms with Gasteiger partial charge < -0.3 is 9.84 Å². The Labute approximate surface area is 153 Å². The molecule has 0 unspecified atom stereocenters. The zero-order chi connectivity index (χ0) is 18.2. The number of allylic oxidation sites excluding steroid dienone is 5. The van der Waals surface area contributed by atoms with E-state index < -0.39 is 5.97 Å². The summed E-state index contributed by atoms with van der Waals surface area (Å²) in [6.45, 7) is 1.40. The summed E-state index contributed by atoms with van der Waals surface area (Å²) in [4.78, 5) is 15.2. The molecule has 132 valence electrons. The molecule has 0 aromatic heterocycles. The van der Waals surface area contributed by atoms with E-state index in [1.807, 2.05) is 42.7 Å². The molecule has 1 aliphatic carbocycles. The standard InChI is InChI=1S/C22H21NO3/c24-22(25)20-7-1-4-17(16-20)5-3-15-26-21-8-2-6-18(9-10-21)19-11-13-23-14-12-19/h1,4,6-11,13,16H,3,5,12,14-15H2,(H,24,25). The van der Waals surface area contributed by atoms with Crippen LogP contribution in [-0.4, -0.2) is 30.4 Å². The Kier molecular flexibility index (Phi) is 6.02. The molecule has 1 N–H and O–H groups in total. The van der Waals surface area contributed by atoms with Crippen LogP contribution in [0, 0.1) is 0 Å². The number of hydrogen-bond donors (Lipinski definition) is 1. The highest BCUT2D eigenvalue weighted by Gasteiger charge is 2.06. The van der Waals surface area contributed by atoms with Crippen LogP contribution in [0.15, 0.2) is 82.3 Å². The third-order valence-electron chi connectivity index (χ3n) is 4.21. The monoisotopic (exact) mass is 347 g/mol. The lowest BCUT2D eigenvalue weighted by Gasteiger charge is -2.08. The Morgan fingerprint density at radius 3 is 2.96 bits per heavy atom. The molecule has 0 saturated heterocycles. The molecule has 0 bridgehead atoms. The molecule has 0 saturated carbocycles. The summed E-state index contributed by atoms with van der Waals surface area (Å²) >= 11 is 0. The van der Waals surface area contributed by atoms with Crippen molar-refractivity contribution in [1.29, 1.82) is 0 Å². The number of aryl methyl sites for hydroxylation is 1. The van der Waals surface area contributed by atoms with Crippen LogP contribution in [0.3, 0.4) is 0 Å². The molecule has 2 aliphatic rings. The quantitative estimate of drug-likeness (QED) is 0.592. The van der Waals surface area contributed by atoms with Gasteiger partial charge in [0.05, 0.1) is 12.2 Å². The van der Waals surface area contributed by atoms with Crippen LogP contribution in [0.1, 0.15) is 28.8 Å². The number of carboxylic acid groups (broad SMARTS) is 1. The van der Waals surface area contributed by atoms with Crippen LogP contribution < -0.4 is 0 Å². The van der Waals surface area contributed by atoms with Gasteiger partial charge >= 0.3 is 5.97 Å². The summed E-state index contributed by atoms with van der Waals surface area (Å²) in [5.74, 6) is -0.119. The van der Waals surface area contributed by atoms with Crippen LogP contribution >= 0.6 is 0 Å². The van der Waals surface area contributed by atoms with Crippen LogP contribution in [0.2, 0.25) is 0 Å². The first-order chi connectivity index (χ1) is 12.7. The van der Waals surface area contributed by atoms with Crippen molar-refractivity contribution in [1.82, 2.24) is 0 Å². The molecule has 0 fully saturated rings. The highest BCUT2D eigenvalue weighted by Crippen LogP contribution is 2.20. The van der Waals surface area contributed by atoms with Crippen LogP contribution in [-0.2, 0) is 11.2 Å². The topological polar surface area (TPSA) is 58.9 Å². The first kappa shape index (κ1) is 17.7. The highest BCUT2D eigenvalue weighted by atomic mass is 16.5. The highest BCUT2D eigenvalue weighted by molar-refractivity contribution is 5.87. The number of dihydropyridines is 1. The lowest BCUT2D eigenvalue weighted by atomic mass is 10.0. The lowest BCUT2D eigenvalue weighted by Crippen LogP contribution is -1.99. The molecule has 26 heavy (non-hydrogen) atoms. The predicted octanol–water partition coefficient (Wildman–Crippen LogP) is 4.27. The number of aromatic carboxylic acids is 1. The van der Waals surface area contributed by atoms with Gasteiger partial charge in [-0.05, 0) is 66.3 Å². The van der Waals surface area contributed by atoms with Crippen LogP contribution in [0.4, 0.5) is 0 Å². The van der Waals surface area contributed by atoms with Crippen LogP contribution in [0.5, 0.6) is 0 Å². The van der Waals surface area contributed by atoms with Crippen molar-refractivity contribution in [3.8, 4) is 0 Å². The Balaban J connectivity index is 1.51. The van der Waals surface area contributed by atoms with Gasteiger partial charge in [0.15, 0.2) is 0 Å². The zero-order valence-corrected chi connectivity index (χ0v) is 14.5. The van der Waals surface area contributed by atoms with Gasteiger partial charge in [0.1, 0.15) is 5.76 Å². The molecule has 1 heterocycles. The number of aliphatic imine (C=N–C) groups is 1. The van der Waals surface area contributed by atoms with Crippen molar-refractivity contribution in [2.24, 2.45) is 4.99 Å². The number of ether oxygens (including phenoxy) is 1. The van der Waals surface area contributed by atoms with E-state index in [0.29, 0.717) is 12.2 Å². The fraction of sp³-hybridized carbons (Fsp3) is 0.227. The molecule has 0 atom stereocenters. The minimum absolute atomic E-state index is 0.322. The Bertz CT molecular complexity index is 865. The van der Waals surface area contributed by atoms with E-state index in [1.54, 1.807) is 18.2 Å². The predicted molar refractivity (Wildman–Crippen MR) is 103 cm³/mol. The number of carboxylic acids is 1. The molecule has 1 aromatic carbocycles. The Hall–Kier alpha value is -3.10. The normalized spacial score (nSPS) is 15.8. The summed E-state index contributed by atoms with van der Waals surface area (Å²) in [7, 11) is 0. The van der Waals surface area contributed by atoms with E-state index in [4.69, 9.17) is 9.84 Å². The summed E-state index contributed by atoms with van der Waals surface area (Å²) in [5.41, 5.74) is 6.89. The number of rotatable bonds is 7. The largest absolute Gasteiger partial charge is 0.493 e. The smallest absolute Gasteiger partial charge is 0.335 e. The fourth-order valence-corrected chi connectivity index (χ4v) is 2.82. The Morgan fingerprint density at radius 1 is 1.23 bits per heavy atom. The number of benzene rings is 1. The average Bonchev–Trinajstić information content (AvgIpc) is 2.92. The van der Waals surface area contributed by atoms with Gasteiger partial charge in [-0.1, -0.05) is 18.2 Å². The molecule has 4 nitrogen and oxygen atoms in total. The van der Waals surface area contributed by atoms with E-state index in [1.165, 1.54) is 5.57 Å². The van der Waals surface area contributed by atoms with Crippen molar-refractivity contribution in [2.45, 2.75) is 19.3 Å². The fourth-order valence-electron chi connectivity index (χ4n) is 2.82. The van der Waals surface area contributed by atoms with Crippen molar-refractivity contribution >= 4 is 12.2 Å². The molecule has 0 spiro atoms.